The first-order chi connectivity index (χ1) is 5.46. The number of ether oxygens (including phenoxy) is 1. The number of imidazole rings is 1. The third kappa shape index (κ3) is 1.44. The molecule has 3 heteroatoms. The minimum Gasteiger partial charge on any atom is -0.481 e. The zero-order valence-corrected chi connectivity index (χ0v) is 8.38. The van der Waals surface area contributed by atoms with E-state index in [0.29, 0.717) is 0 Å². The molecule has 0 saturated heterocycles. The molecule has 0 N–H and O–H groups in total. The van der Waals surface area contributed by atoms with Gasteiger partial charge in [0, 0.05) is 5.54 Å². The van der Waals surface area contributed by atoms with Crippen molar-refractivity contribution in [2.75, 3.05) is 7.11 Å². The number of hydrogen-bond donors (Lipinski definition) is 0. The van der Waals surface area contributed by atoms with Crippen molar-refractivity contribution in [3.8, 4) is 5.88 Å². The molecule has 0 unspecified atom stereocenters. The van der Waals surface area contributed by atoms with Gasteiger partial charge in [0.1, 0.15) is 0 Å². The van der Waals surface area contributed by atoms with E-state index in [4.69, 9.17) is 4.74 Å². The molecule has 3 nitrogen and oxygen atoms in total. The average molecular weight is 168 g/mol. The predicted octanol–water partition coefficient (Wildman–Crippen LogP) is 1.96. The van der Waals surface area contributed by atoms with E-state index in [1.165, 1.54) is 0 Å². The summed E-state index contributed by atoms with van der Waals surface area (Å²) in [6, 6.07) is 0. The number of nitrogens with zero attached hydrogens (tertiary/aromatic N) is 2. The van der Waals surface area contributed by atoms with Crippen molar-refractivity contribution in [3.63, 3.8) is 0 Å². The lowest BCUT2D eigenvalue weighted by molar-refractivity contribution is 0.307. The highest BCUT2D eigenvalue weighted by Gasteiger charge is 2.18. The molecule has 0 atom stereocenters. The van der Waals surface area contributed by atoms with Gasteiger partial charge in [0.05, 0.1) is 19.1 Å². The predicted molar refractivity (Wildman–Crippen MR) is 48.5 cm³/mol. The second-order valence-corrected chi connectivity index (χ2v) is 3.88. The number of aromatic nitrogens is 2. The maximum atomic E-state index is 5.24. The van der Waals surface area contributed by atoms with Gasteiger partial charge in [-0.3, -0.25) is 4.57 Å². The van der Waals surface area contributed by atoms with Crippen LogP contribution in [-0.2, 0) is 5.54 Å². The molecule has 68 valence electrons. The third-order valence-corrected chi connectivity index (χ3v) is 1.81. The topological polar surface area (TPSA) is 27.1 Å². The molecular weight excluding hydrogens is 152 g/mol. The van der Waals surface area contributed by atoms with Gasteiger partial charge >= 0.3 is 0 Å². The van der Waals surface area contributed by atoms with Gasteiger partial charge in [-0.05, 0) is 27.7 Å². The normalized spacial score (nSPS) is 11.8. The molecule has 1 rings (SSSR count). The maximum Gasteiger partial charge on any atom is 0.216 e. The molecule has 0 aromatic carbocycles. The van der Waals surface area contributed by atoms with E-state index in [1.807, 2.05) is 17.8 Å². The van der Waals surface area contributed by atoms with Crippen molar-refractivity contribution in [1.82, 2.24) is 9.55 Å². The molecule has 0 spiro atoms. The van der Waals surface area contributed by atoms with Crippen LogP contribution >= 0.6 is 0 Å². The lowest BCUT2D eigenvalue weighted by Crippen LogP contribution is -2.21. The monoisotopic (exact) mass is 168 g/mol. The summed E-state index contributed by atoms with van der Waals surface area (Å²) < 4.78 is 7.27. The second-order valence-electron chi connectivity index (χ2n) is 3.88. The smallest absolute Gasteiger partial charge is 0.216 e. The van der Waals surface area contributed by atoms with Crippen LogP contribution in [0.1, 0.15) is 26.5 Å². The standard InChI is InChI=1S/C9H16N2O/c1-7-8(12-5)11(6-10-7)9(2,3)4/h6H,1-5H3. The molecule has 0 amide bonds. The summed E-state index contributed by atoms with van der Waals surface area (Å²) in [5, 5.41) is 0. The molecule has 1 aromatic heterocycles. The first kappa shape index (κ1) is 9.10. The first-order valence-corrected chi connectivity index (χ1v) is 4.05. The van der Waals surface area contributed by atoms with Crippen molar-refractivity contribution in [3.05, 3.63) is 12.0 Å². The molecule has 0 aliphatic carbocycles. The Kier molecular flexibility index (Phi) is 2.13. The van der Waals surface area contributed by atoms with E-state index in [-0.39, 0.29) is 5.54 Å². The van der Waals surface area contributed by atoms with Gasteiger partial charge in [-0.25, -0.2) is 4.98 Å². The van der Waals surface area contributed by atoms with Gasteiger partial charge in [0.25, 0.3) is 0 Å². The van der Waals surface area contributed by atoms with Crippen LogP contribution in [0.2, 0.25) is 0 Å². The summed E-state index contributed by atoms with van der Waals surface area (Å²) in [6.07, 6.45) is 1.81. The first-order valence-electron chi connectivity index (χ1n) is 4.05. The van der Waals surface area contributed by atoms with Crippen molar-refractivity contribution in [2.24, 2.45) is 0 Å². The van der Waals surface area contributed by atoms with Gasteiger partial charge in [-0.15, -0.1) is 0 Å². The van der Waals surface area contributed by atoms with Gasteiger partial charge in [-0.2, -0.15) is 0 Å². The molecular formula is C9H16N2O. The summed E-state index contributed by atoms with van der Waals surface area (Å²) in [6.45, 7) is 8.31. The Bertz CT molecular complexity index is 271. The zero-order chi connectivity index (χ0) is 9.35. The van der Waals surface area contributed by atoms with E-state index >= 15 is 0 Å². The van der Waals surface area contributed by atoms with Crippen LogP contribution in [0.4, 0.5) is 0 Å². The minimum absolute atomic E-state index is 0.0343. The quantitative estimate of drug-likeness (QED) is 0.641. The minimum atomic E-state index is 0.0343. The Morgan fingerprint density at radius 1 is 1.42 bits per heavy atom. The van der Waals surface area contributed by atoms with E-state index in [2.05, 4.69) is 25.8 Å². The molecule has 0 bridgehead atoms. The Morgan fingerprint density at radius 2 is 2.00 bits per heavy atom. The zero-order valence-electron chi connectivity index (χ0n) is 8.38. The number of hydrogen-bond acceptors (Lipinski definition) is 2. The molecule has 1 aromatic rings. The second kappa shape index (κ2) is 2.81. The highest BCUT2D eigenvalue weighted by Crippen LogP contribution is 2.24. The SMILES string of the molecule is COc1c(C)ncn1C(C)(C)C. The summed E-state index contributed by atoms with van der Waals surface area (Å²) in [5.41, 5.74) is 0.972. The summed E-state index contributed by atoms with van der Waals surface area (Å²) >= 11 is 0. The lowest BCUT2D eigenvalue weighted by atomic mass is 10.1. The number of aryl methyl sites for hydroxylation is 1. The summed E-state index contributed by atoms with van der Waals surface area (Å²) in [7, 11) is 1.67. The van der Waals surface area contributed by atoms with Gasteiger partial charge < -0.3 is 4.74 Å². The summed E-state index contributed by atoms with van der Waals surface area (Å²) in [4.78, 5) is 4.19. The Morgan fingerprint density at radius 3 is 2.33 bits per heavy atom. The number of rotatable bonds is 1. The van der Waals surface area contributed by atoms with E-state index < -0.39 is 0 Å². The maximum absolute atomic E-state index is 5.24. The fraction of sp³-hybridized carbons (Fsp3) is 0.667. The van der Waals surface area contributed by atoms with Crippen LogP contribution in [0.3, 0.4) is 0 Å². The Labute approximate surface area is 73.4 Å². The van der Waals surface area contributed by atoms with Crippen LogP contribution in [0, 0.1) is 6.92 Å². The van der Waals surface area contributed by atoms with Crippen LogP contribution in [0.5, 0.6) is 5.88 Å². The average Bonchev–Trinajstić information content (AvgIpc) is 2.29. The Hall–Kier alpha value is -0.990. The molecule has 0 aliphatic heterocycles. The largest absolute Gasteiger partial charge is 0.481 e. The van der Waals surface area contributed by atoms with Crippen LogP contribution in [-0.4, -0.2) is 16.7 Å². The molecule has 0 fully saturated rings. The molecule has 12 heavy (non-hydrogen) atoms. The summed E-state index contributed by atoms with van der Waals surface area (Å²) in [5.74, 6) is 0.850. The van der Waals surface area contributed by atoms with E-state index in [9.17, 15) is 0 Å². The molecule has 0 saturated carbocycles. The fourth-order valence-electron chi connectivity index (χ4n) is 1.15. The van der Waals surface area contributed by atoms with Crippen molar-refractivity contribution in [1.29, 1.82) is 0 Å². The lowest BCUT2D eigenvalue weighted by Gasteiger charge is -2.22. The van der Waals surface area contributed by atoms with Crippen LogP contribution in [0.15, 0.2) is 6.33 Å². The van der Waals surface area contributed by atoms with Gasteiger partial charge in [0.2, 0.25) is 5.88 Å². The Balaban J connectivity index is 3.16. The van der Waals surface area contributed by atoms with E-state index in [0.717, 1.165) is 11.6 Å². The van der Waals surface area contributed by atoms with Crippen molar-refractivity contribution >= 4 is 0 Å². The third-order valence-electron chi connectivity index (χ3n) is 1.81. The van der Waals surface area contributed by atoms with Crippen LogP contribution in [0.25, 0.3) is 0 Å². The number of methoxy groups -OCH3 is 1. The molecule has 0 aliphatic rings. The highest BCUT2D eigenvalue weighted by atomic mass is 16.5. The van der Waals surface area contributed by atoms with Crippen molar-refractivity contribution in [2.45, 2.75) is 33.2 Å². The fourth-order valence-corrected chi connectivity index (χ4v) is 1.15. The van der Waals surface area contributed by atoms with Crippen molar-refractivity contribution < 1.29 is 4.74 Å². The molecule has 1 heterocycles. The molecule has 0 radical (unpaired) electrons. The van der Waals surface area contributed by atoms with Gasteiger partial charge in [0.15, 0.2) is 0 Å². The van der Waals surface area contributed by atoms with E-state index in [1.54, 1.807) is 7.11 Å². The highest BCUT2D eigenvalue weighted by molar-refractivity contribution is 5.19. The van der Waals surface area contributed by atoms with Crippen LogP contribution < -0.4 is 4.74 Å². The van der Waals surface area contributed by atoms with Gasteiger partial charge in [-0.1, -0.05) is 0 Å².